The molecule has 2 aromatic heterocycles. The fraction of sp³-hybridized carbons (Fsp3) is 0.652. The molecule has 3 heterocycles. The van der Waals surface area contributed by atoms with Crippen molar-refractivity contribution in [3.63, 3.8) is 0 Å². The molecule has 1 atom stereocenters. The Morgan fingerprint density at radius 2 is 1.87 bits per heavy atom. The third-order valence-electron chi connectivity index (χ3n) is 6.73. The highest BCUT2D eigenvalue weighted by Crippen LogP contribution is 2.42. The van der Waals surface area contributed by atoms with Crippen LogP contribution in [0.5, 0.6) is 0 Å². The molecule has 5 nitrogen and oxygen atoms in total. The van der Waals surface area contributed by atoms with Crippen LogP contribution in [0.4, 0.5) is 5.82 Å². The molecule has 166 valence electrons. The van der Waals surface area contributed by atoms with Crippen LogP contribution in [0.2, 0.25) is 23.3 Å². The van der Waals surface area contributed by atoms with E-state index in [0.29, 0.717) is 24.3 Å². The fourth-order valence-corrected chi connectivity index (χ4v) is 4.86. The number of hydrogen-bond acceptors (Lipinski definition) is 5. The van der Waals surface area contributed by atoms with Crippen LogP contribution in [0, 0.1) is 0 Å². The van der Waals surface area contributed by atoms with E-state index in [0.717, 1.165) is 29.6 Å². The maximum absolute atomic E-state index is 6.36. The number of fused-ring (bicyclic) bond motifs is 1. The topological polar surface area (TPSA) is 47.5 Å². The molecule has 0 aliphatic carbocycles. The summed E-state index contributed by atoms with van der Waals surface area (Å²) in [6.45, 7) is 20.0. The highest BCUT2D eigenvalue weighted by atomic mass is 35.5. The van der Waals surface area contributed by atoms with Crippen molar-refractivity contribution in [1.29, 1.82) is 0 Å². The largest absolute Gasteiger partial charge is 0.414 e. The molecule has 0 spiro atoms. The summed E-state index contributed by atoms with van der Waals surface area (Å²) in [5, 5.41) is 2.84. The molecule has 0 amide bonds. The van der Waals surface area contributed by atoms with Gasteiger partial charge < -0.3 is 14.1 Å². The van der Waals surface area contributed by atoms with Gasteiger partial charge in [0.1, 0.15) is 16.7 Å². The zero-order valence-electron chi connectivity index (χ0n) is 19.7. The quantitative estimate of drug-likeness (QED) is 0.279. The molecule has 7 heteroatoms. The SMILES string of the molecule is CC(C)c1c(N2CC[C@@]2(C)OCCO[Si](C)(C)C(C)(C)C)ncc2cnc(Cl)cc12. The van der Waals surface area contributed by atoms with E-state index >= 15 is 0 Å². The van der Waals surface area contributed by atoms with E-state index in [1.807, 2.05) is 12.3 Å². The Hall–Kier alpha value is -1.21. The fourth-order valence-electron chi connectivity index (χ4n) is 3.67. The summed E-state index contributed by atoms with van der Waals surface area (Å²) in [4.78, 5) is 11.3. The van der Waals surface area contributed by atoms with Gasteiger partial charge in [-0.05, 0) is 42.4 Å². The molecule has 0 bridgehead atoms. The number of anilines is 1. The molecule has 30 heavy (non-hydrogen) atoms. The first-order chi connectivity index (χ1) is 13.9. The minimum Gasteiger partial charge on any atom is -0.414 e. The zero-order chi connectivity index (χ0) is 22.3. The minimum absolute atomic E-state index is 0.205. The molecule has 1 aliphatic rings. The van der Waals surface area contributed by atoms with Crippen molar-refractivity contribution in [2.75, 3.05) is 24.7 Å². The highest BCUT2D eigenvalue weighted by molar-refractivity contribution is 6.74. The third-order valence-corrected chi connectivity index (χ3v) is 11.5. The minimum atomic E-state index is -1.76. The van der Waals surface area contributed by atoms with E-state index < -0.39 is 8.32 Å². The summed E-state index contributed by atoms with van der Waals surface area (Å²) in [7, 11) is -1.76. The lowest BCUT2D eigenvalue weighted by molar-refractivity contribution is -0.0815. The maximum atomic E-state index is 6.36. The first-order valence-electron chi connectivity index (χ1n) is 10.9. The van der Waals surface area contributed by atoms with Gasteiger partial charge in [-0.25, -0.2) is 9.97 Å². The van der Waals surface area contributed by atoms with E-state index in [-0.39, 0.29) is 10.8 Å². The molecular weight excluding hydrogens is 414 g/mol. The van der Waals surface area contributed by atoms with Gasteiger partial charge in [0.15, 0.2) is 8.32 Å². The van der Waals surface area contributed by atoms with Gasteiger partial charge in [-0.3, -0.25) is 0 Å². The van der Waals surface area contributed by atoms with Gasteiger partial charge in [0.25, 0.3) is 0 Å². The summed E-state index contributed by atoms with van der Waals surface area (Å²) in [5.74, 6) is 1.29. The lowest BCUT2D eigenvalue weighted by Crippen LogP contribution is -2.61. The van der Waals surface area contributed by atoms with Crippen LogP contribution in [-0.2, 0) is 9.16 Å². The number of halogens is 1. The molecule has 1 saturated heterocycles. The molecular formula is C23H36ClN3O2Si. The van der Waals surface area contributed by atoms with Gasteiger partial charge in [0.2, 0.25) is 0 Å². The molecule has 3 rings (SSSR count). The van der Waals surface area contributed by atoms with Crippen molar-refractivity contribution < 1.29 is 9.16 Å². The smallest absolute Gasteiger partial charge is 0.192 e. The van der Waals surface area contributed by atoms with Gasteiger partial charge in [-0.1, -0.05) is 46.2 Å². The zero-order valence-corrected chi connectivity index (χ0v) is 21.4. The van der Waals surface area contributed by atoms with Crippen molar-refractivity contribution in [3.05, 3.63) is 29.2 Å². The number of rotatable bonds is 7. The number of hydrogen-bond donors (Lipinski definition) is 0. The van der Waals surface area contributed by atoms with Gasteiger partial charge in [-0.2, -0.15) is 0 Å². The van der Waals surface area contributed by atoms with Gasteiger partial charge in [0.05, 0.1) is 13.2 Å². The number of aromatic nitrogens is 2. The third kappa shape index (κ3) is 4.52. The van der Waals surface area contributed by atoms with Crippen molar-refractivity contribution in [2.24, 2.45) is 0 Å². The molecule has 0 saturated carbocycles. The summed E-state index contributed by atoms with van der Waals surface area (Å²) in [6, 6.07) is 1.95. The van der Waals surface area contributed by atoms with Gasteiger partial charge >= 0.3 is 0 Å². The van der Waals surface area contributed by atoms with E-state index in [2.05, 4.69) is 64.5 Å². The van der Waals surface area contributed by atoms with E-state index in [4.69, 9.17) is 25.7 Å². The second kappa shape index (κ2) is 8.38. The predicted octanol–water partition coefficient (Wildman–Crippen LogP) is 6.37. The van der Waals surface area contributed by atoms with Crippen molar-refractivity contribution in [3.8, 4) is 0 Å². The van der Waals surface area contributed by atoms with Crippen LogP contribution < -0.4 is 4.90 Å². The predicted molar refractivity (Wildman–Crippen MR) is 128 cm³/mol. The Morgan fingerprint density at radius 3 is 2.43 bits per heavy atom. The Balaban J connectivity index is 1.77. The molecule has 1 aliphatic heterocycles. The Labute approximate surface area is 187 Å². The Morgan fingerprint density at radius 1 is 1.20 bits per heavy atom. The van der Waals surface area contributed by atoms with Crippen LogP contribution in [-0.4, -0.2) is 43.8 Å². The van der Waals surface area contributed by atoms with Gasteiger partial charge in [-0.15, -0.1) is 0 Å². The van der Waals surface area contributed by atoms with Gasteiger partial charge in [0, 0.05) is 36.3 Å². The van der Waals surface area contributed by atoms with E-state index in [1.165, 1.54) is 5.56 Å². The first kappa shape index (κ1) is 23.5. The summed E-state index contributed by atoms with van der Waals surface area (Å²) in [5.41, 5.74) is 0.835. The summed E-state index contributed by atoms with van der Waals surface area (Å²) < 4.78 is 12.6. The molecule has 0 aromatic carbocycles. The van der Waals surface area contributed by atoms with Crippen molar-refractivity contribution in [1.82, 2.24) is 9.97 Å². The van der Waals surface area contributed by atoms with E-state index in [1.54, 1.807) is 6.20 Å². The number of ether oxygens (including phenoxy) is 1. The normalized spacial score (nSPS) is 20.1. The monoisotopic (exact) mass is 449 g/mol. The number of nitrogens with zero attached hydrogens (tertiary/aromatic N) is 3. The standard InChI is InChI=1S/C23H36ClN3O2Si/c1-16(2)20-18-13-19(24)25-14-17(18)15-26-21(20)27-10-9-23(27,6)28-11-12-29-30(7,8)22(3,4)5/h13-16H,9-12H2,1-8H3/t23-/m1/s1. The van der Waals surface area contributed by atoms with Crippen LogP contribution >= 0.6 is 11.6 Å². The molecule has 0 radical (unpaired) electrons. The molecule has 1 fully saturated rings. The van der Waals surface area contributed by atoms with E-state index in [9.17, 15) is 0 Å². The van der Waals surface area contributed by atoms with Crippen LogP contribution in [0.15, 0.2) is 18.5 Å². The van der Waals surface area contributed by atoms with Crippen LogP contribution in [0.3, 0.4) is 0 Å². The number of pyridine rings is 2. The lowest BCUT2D eigenvalue weighted by Gasteiger charge is -2.51. The first-order valence-corrected chi connectivity index (χ1v) is 14.1. The average molecular weight is 450 g/mol. The average Bonchev–Trinajstić information content (AvgIpc) is 2.62. The van der Waals surface area contributed by atoms with Crippen molar-refractivity contribution >= 4 is 36.5 Å². The highest BCUT2D eigenvalue weighted by Gasteiger charge is 2.44. The molecule has 2 aromatic rings. The Bertz CT molecular complexity index is 913. The summed E-state index contributed by atoms with van der Waals surface area (Å²) >= 11 is 6.20. The molecule has 0 unspecified atom stereocenters. The second-order valence-electron chi connectivity index (χ2n) is 10.3. The second-order valence-corrected chi connectivity index (χ2v) is 15.5. The maximum Gasteiger partial charge on any atom is 0.192 e. The van der Waals surface area contributed by atoms with Crippen molar-refractivity contribution in [2.45, 2.75) is 77.7 Å². The Kier molecular flexibility index (Phi) is 6.55. The van der Waals surface area contributed by atoms with Crippen LogP contribution in [0.25, 0.3) is 10.8 Å². The molecule has 0 N–H and O–H groups in total. The lowest BCUT2D eigenvalue weighted by atomic mass is 9.93. The van der Waals surface area contributed by atoms with Crippen LogP contribution in [0.1, 0.15) is 59.4 Å². The summed E-state index contributed by atoms with van der Waals surface area (Å²) in [6.07, 6.45) is 4.66.